The van der Waals surface area contributed by atoms with Crippen molar-refractivity contribution in [3.63, 3.8) is 0 Å². The van der Waals surface area contributed by atoms with Crippen molar-refractivity contribution >= 4 is 92.5 Å². The van der Waals surface area contributed by atoms with Crippen LogP contribution in [-0.4, -0.2) is 91.3 Å². The van der Waals surface area contributed by atoms with Crippen LogP contribution in [0, 0.1) is 0 Å². The van der Waals surface area contributed by atoms with Gasteiger partial charge in [-0.05, 0) is 58.7 Å². The van der Waals surface area contributed by atoms with Crippen LogP contribution in [0.1, 0.15) is 22.3 Å². The average molecular weight is 857 g/mol. The van der Waals surface area contributed by atoms with E-state index in [0.717, 1.165) is 34.7 Å². The Bertz CT molecular complexity index is 2040. The summed E-state index contributed by atoms with van der Waals surface area (Å²) in [4.78, 5) is 53.6. The normalized spacial score (nSPS) is 16.6. The van der Waals surface area contributed by atoms with Gasteiger partial charge in [-0.1, -0.05) is 133 Å². The fourth-order valence-corrected chi connectivity index (χ4v) is 8.54. The van der Waals surface area contributed by atoms with Crippen LogP contribution in [-0.2, 0) is 41.5 Å². The first-order valence-corrected chi connectivity index (χ1v) is 20.2. The smallest absolute Gasteiger partial charge is 0.327 e. The van der Waals surface area contributed by atoms with Crippen molar-refractivity contribution in [3.8, 4) is 11.5 Å². The number of carboxylic acid groups (broad SMARTS) is 2. The Morgan fingerprint density at radius 2 is 0.948 bits per heavy atom. The Morgan fingerprint density at radius 1 is 0.586 bits per heavy atom. The van der Waals surface area contributed by atoms with Gasteiger partial charge in [0, 0.05) is 12.8 Å². The van der Waals surface area contributed by atoms with Crippen molar-refractivity contribution in [1.29, 1.82) is 0 Å². The van der Waals surface area contributed by atoms with Crippen LogP contribution in [0.4, 0.5) is 0 Å². The van der Waals surface area contributed by atoms with Crippen molar-refractivity contribution in [2.24, 2.45) is 0 Å². The molecule has 2 amide bonds. The lowest BCUT2D eigenvalue weighted by atomic mass is 10.0. The molecule has 0 unspecified atom stereocenters. The van der Waals surface area contributed by atoms with Crippen LogP contribution in [0.15, 0.2) is 119 Å². The molecule has 2 aliphatic rings. The second-order valence-electron chi connectivity index (χ2n) is 12.7. The van der Waals surface area contributed by atoms with E-state index < -0.39 is 35.8 Å². The van der Waals surface area contributed by atoms with E-state index in [1.165, 1.54) is 9.80 Å². The third-order valence-electron chi connectivity index (χ3n) is 8.73. The molecule has 0 aliphatic carbocycles. The first kappa shape index (κ1) is 42.3. The number of carboxylic acids is 2. The van der Waals surface area contributed by atoms with E-state index in [4.69, 9.17) is 43.4 Å². The molecule has 2 heterocycles. The van der Waals surface area contributed by atoms with Crippen molar-refractivity contribution in [2.45, 2.75) is 24.9 Å². The number of rotatable bonds is 19. The molecule has 2 saturated heterocycles. The molecule has 12 nitrogen and oxygen atoms in total. The lowest BCUT2D eigenvalue weighted by Gasteiger charge is -2.23. The largest absolute Gasteiger partial charge is 0.480 e. The molecule has 6 rings (SSSR count). The first-order chi connectivity index (χ1) is 28.1. The van der Waals surface area contributed by atoms with E-state index in [1.54, 1.807) is 60.7 Å². The highest BCUT2D eigenvalue weighted by Crippen LogP contribution is 2.36. The summed E-state index contributed by atoms with van der Waals surface area (Å²) in [7, 11) is 0. The highest BCUT2D eigenvalue weighted by molar-refractivity contribution is 8.27. The topological polar surface area (TPSA) is 152 Å². The van der Waals surface area contributed by atoms with Crippen molar-refractivity contribution in [1.82, 2.24) is 9.80 Å². The Morgan fingerprint density at radius 3 is 1.29 bits per heavy atom. The van der Waals surface area contributed by atoms with E-state index in [0.29, 0.717) is 32.4 Å². The Balaban J connectivity index is 0.886. The van der Waals surface area contributed by atoms with E-state index >= 15 is 0 Å². The van der Waals surface area contributed by atoms with E-state index in [2.05, 4.69) is 0 Å². The third-order valence-corrected chi connectivity index (χ3v) is 11.4. The highest BCUT2D eigenvalue weighted by Gasteiger charge is 2.41. The lowest BCUT2D eigenvalue weighted by Crippen LogP contribution is -2.45. The molecule has 0 spiro atoms. The fraction of sp³-hybridized carbons (Fsp3) is 0.190. The van der Waals surface area contributed by atoms with Crippen molar-refractivity contribution < 1.29 is 48.3 Å². The SMILES string of the molecule is O=C(O)[C@H](Cc1ccccc1)N1C(=O)/C(=C/c2ccc(OCOCCOCOc3ccc(/C=C4\SC(=S)N([C@@H](Cc5ccccc5)C(=O)O)C4=O)cc3)cc2)SC1=S. The molecule has 2 atom stereocenters. The number of hydrogen-bond acceptors (Lipinski definition) is 12. The van der Waals surface area contributed by atoms with Crippen LogP contribution in [0.25, 0.3) is 12.2 Å². The second kappa shape index (κ2) is 20.4. The molecular weight excluding hydrogens is 821 g/mol. The number of aliphatic carboxylic acids is 2. The number of carbonyl (C=O) groups is 4. The van der Waals surface area contributed by atoms with Gasteiger partial charge in [0.1, 0.15) is 32.2 Å². The van der Waals surface area contributed by atoms with Crippen molar-refractivity contribution in [3.05, 3.63) is 141 Å². The molecular formula is C42H36N2O10S4. The van der Waals surface area contributed by atoms with Crippen LogP contribution >= 0.6 is 48.0 Å². The maximum absolute atomic E-state index is 13.2. The van der Waals surface area contributed by atoms with Crippen LogP contribution in [0.5, 0.6) is 11.5 Å². The fourth-order valence-electron chi connectivity index (χ4n) is 5.83. The number of amides is 2. The molecule has 0 bridgehead atoms. The summed E-state index contributed by atoms with van der Waals surface area (Å²) in [5, 5.41) is 19.8. The summed E-state index contributed by atoms with van der Waals surface area (Å²) in [6, 6.07) is 30.0. The Kier molecular flexibility index (Phi) is 14.8. The molecule has 2 fully saturated rings. The minimum absolute atomic E-state index is 0.0234. The van der Waals surface area contributed by atoms with Crippen LogP contribution in [0.3, 0.4) is 0 Å². The number of thiocarbonyl (C=S) groups is 2. The van der Waals surface area contributed by atoms with Gasteiger partial charge in [-0.15, -0.1) is 0 Å². The number of ether oxygens (including phenoxy) is 4. The zero-order valence-electron chi connectivity index (χ0n) is 30.6. The van der Waals surface area contributed by atoms with Gasteiger partial charge in [-0.25, -0.2) is 9.59 Å². The van der Waals surface area contributed by atoms with Crippen LogP contribution < -0.4 is 9.47 Å². The molecule has 16 heteroatoms. The van der Waals surface area contributed by atoms with Gasteiger partial charge >= 0.3 is 11.9 Å². The molecule has 0 saturated carbocycles. The summed E-state index contributed by atoms with van der Waals surface area (Å²) in [5.41, 5.74) is 3.01. The predicted molar refractivity (Wildman–Crippen MR) is 229 cm³/mol. The van der Waals surface area contributed by atoms with Crippen LogP contribution in [0.2, 0.25) is 0 Å². The lowest BCUT2D eigenvalue weighted by molar-refractivity contribution is -0.145. The van der Waals surface area contributed by atoms with Gasteiger partial charge in [-0.3, -0.25) is 19.4 Å². The van der Waals surface area contributed by atoms with E-state index in [9.17, 15) is 29.4 Å². The van der Waals surface area contributed by atoms with Gasteiger partial charge in [0.05, 0.1) is 23.0 Å². The van der Waals surface area contributed by atoms with E-state index in [-0.39, 0.29) is 48.3 Å². The minimum atomic E-state index is -1.13. The summed E-state index contributed by atoms with van der Waals surface area (Å²) in [6.45, 7) is 0.445. The molecule has 0 aromatic heterocycles. The quantitative estimate of drug-likeness (QED) is 0.0436. The van der Waals surface area contributed by atoms with Gasteiger partial charge in [-0.2, -0.15) is 0 Å². The van der Waals surface area contributed by atoms with Gasteiger partial charge in [0.25, 0.3) is 11.8 Å². The zero-order valence-corrected chi connectivity index (χ0v) is 33.9. The summed E-state index contributed by atoms with van der Waals surface area (Å²) in [6.07, 6.45) is 3.61. The molecule has 58 heavy (non-hydrogen) atoms. The summed E-state index contributed by atoms with van der Waals surface area (Å²) in [5.74, 6) is -2.06. The average Bonchev–Trinajstić information content (AvgIpc) is 3.65. The Labute approximate surface area is 353 Å². The maximum Gasteiger partial charge on any atom is 0.327 e. The second-order valence-corrected chi connectivity index (χ2v) is 16.0. The number of carbonyl (C=O) groups excluding carboxylic acids is 2. The molecule has 0 radical (unpaired) electrons. The van der Waals surface area contributed by atoms with Gasteiger partial charge < -0.3 is 29.2 Å². The minimum Gasteiger partial charge on any atom is -0.480 e. The molecule has 4 aromatic rings. The molecule has 2 aliphatic heterocycles. The van der Waals surface area contributed by atoms with Gasteiger partial charge in [0.2, 0.25) is 0 Å². The number of hydrogen-bond donors (Lipinski definition) is 2. The van der Waals surface area contributed by atoms with E-state index in [1.807, 2.05) is 60.7 Å². The summed E-state index contributed by atoms with van der Waals surface area (Å²) < 4.78 is 22.7. The van der Waals surface area contributed by atoms with Crippen molar-refractivity contribution in [2.75, 3.05) is 26.8 Å². The number of nitrogens with zero attached hydrogens (tertiary/aromatic N) is 2. The standard InChI is InChI=1S/C42H36N2O10S4/c45-37-35(57-41(55)43(37)33(39(47)48)21-27-7-3-1-4-8-27)23-29-11-15-31(16-12-29)53-25-51-19-20-52-26-54-32-17-13-30(14-18-32)24-36-38(46)44(42(56)58-36)34(40(49)50)22-28-9-5-2-6-10-28/h1-18,23-24,33-34H,19-22,25-26H2,(H,47,48)(H,49,50)/b35-23-,36-24-/t33-,34-/m0/s1. The number of benzene rings is 4. The highest BCUT2D eigenvalue weighted by atomic mass is 32.2. The van der Waals surface area contributed by atoms with Gasteiger partial charge in [0.15, 0.2) is 13.6 Å². The monoisotopic (exact) mass is 856 g/mol. The molecule has 2 N–H and O–H groups in total. The Hall–Kier alpha value is -5.36. The zero-order chi connectivity index (χ0) is 41.0. The summed E-state index contributed by atoms with van der Waals surface area (Å²) >= 11 is 12.9. The maximum atomic E-state index is 13.2. The molecule has 4 aromatic carbocycles. The third kappa shape index (κ3) is 11.2. The molecule has 298 valence electrons. The first-order valence-electron chi connectivity index (χ1n) is 17.8. The number of thioether (sulfide) groups is 2. The predicted octanol–water partition coefficient (Wildman–Crippen LogP) is 6.89.